The molecule has 2 aromatic carbocycles. The molecular formula is C21H26N4O4. The normalized spacial score (nSPS) is 10.2. The molecule has 0 saturated carbocycles. The summed E-state index contributed by atoms with van der Waals surface area (Å²) in [7, 11) is 0. The summed E-state index contributed by atoms with van der Waals surface area (Å²) in [5, 5.41) is 5.46. The van der Waals surface area contributed by atoms with Crippen molar-refractivity contribution in [3.63, 3.8) is 0 Å². The van der Waals surface area contributed by atoms with Crippen LogP contribution < -0.4 is 26.2 Å². The van der Waals surface area contributed by atoms with Gasteiger partial charge in [0.1, 0.15) is 5.75 Å². The van der Waals surface area contributed by atoms with Gasteiger partial charge in [0.15, 0.2) is 6.61 Å². The van der Waals surface area contributed by atoms with Crippen LogP contribution in [-0.4, -0.2) is 30.5 Å². The van der Waals surface area contributed by atoms with Crippen molar-refractivity contribution in [2.24, 2.45) is 0 Å². The molecule has 2 aromatic rings. The largest absolute Gasteiger partial charge is 0.484 e. The van der Waals surface area contributed by atoms with E-state index in [-0.39, 0.29) is 18.7 Å². The number of benzene rings is 2. The molecule has 8 heteroatoms. The first-order valence-electron chi connectivity index (χ1n) is 9.25. The highest BCUT2D eigenvalue weighted by molar-refractivity contribution is 5.95. The van der Waals surface area contributed by atoms with Gasteiger partial charge in [-0.1, -0.05) is 24.3 Å². The standard InChI is InChI=1S/C21H26N4O4/c1-14(2)23-21(28)22-12-16-7-9-17(10-8-16)20(27)25-24-19(26)13-29-18-6-4-5-15(3)11-18/h4-11,14H,12-13H2,1-3H3,(H,24,26)(H,25,27)(H2,22,23,28). The van der Waals surface area contributed by atoms with Crippen molar-refractivity contribution >= 4 is 17.8 Å². The second-order valence-electron chi connectivity index (χ2n) is 6.79. The van der Waals surface area contributed by atoms with Gasteiger partial charge < -0.3 is 15.4 Å². The van der Waals surface area contributed by atoms with E-state index in [1.165, 1.54) is 0 Å². The molecule has 29 heavy (non-hydrogen) atoms. The van der Waals surface area contributed by atoms with E-state index >= 15 is 0 Å². The van der Waals surface area contributed by atoms with Crippen LogP contribution in [-0.2, 0) is 11.3 Å². The Kier molecular flexibility index (Phi) is 8.02. The fourth-order valence-corrected chi connectivity index (χ4v) is 2.36. The van der Waals surface area contributed by atoms with Gasteiger partial charge in [0.25, 0.3) is 11.8 Å². The van der Waals surface area contributed by atoms with E-state index in [4.69, 9.17) is 4.74 Å². The quantitative estimate of drug-likeness (QED) is 0.535. The Morgan fingerprint density at radius 3 is 2.38 bits per heavy atom. The molecule has 8 nitrogen and oxygen atoms in total. The van der Waals surface area contributed by atoms with Gasteiger partial charge in [0, 0.05) is 18.2 Å². The smallest absolute Gasteiger partial charge is 0.315 e. The van der Waals surface area contributed by atoms with E-state index in [9.17, 15) is 14.4 Å². The van der Waals surface area contributed by atoms with E-state index in [0.717, 1.165) is 11.1 Å². The summed E-state index contributed by atoms with van der Waals surface area (Å²) in [6.45, 7) is 5.80. The van der Waals surface area contributed by atoms with Crippen LogP contribution in [0.3, 0.4) is 0 Å². The number of amides is 4. The van der Waals surface area contributed by atoms with Gasteiger partial charge in [0.05, 0.1) is 0 Å². The fraction of sp³-hybridized carbons (Fsp3) is 0.286. The van der Waals surface area contributed by atoms with Gasteiger partial charge >= 0.3 is 6.03 Å². The van der Waals surface area contributed by atoms with E-state index in [1.807, 2.05) is 39.0 Å². The number of carbonyl (C=O) groups is 3. The van der Waals surface area contributed by atoms with Crippen LogP contribution in [0.5, 0.6) is 5.75 Å². The molecule has 0 aliphatic carbocycles. The zero-order valence-corrected chi connectivity index (χ0v) is 16.7. The molecule has 0 aliphatic rings. The van der Waals surface area contributed by atoms with Crippen LogP contribution in [0, 0.1) is 6.92 Å². The summed E-state index contributed by atoms with van der Waals surface area (Å²) in [6.07, 6.45) is 0. The maximum atomic E-state index is 12.1. The molecule has 0 atom stereocenters. The maximum Gasteiger partial charge on any atom is 0.315 e. The highest BCUT2D eigenvalue weighted by Crippen LogP contribution is 2.11. The number of hydrogen-bond acceptors (Lipinski definition) is 4. The third kappa shape index (κ3) is 7.92. The second-order valence-corrected chi connectivity index (χ2v) is 6.79. The monoisotopic (exact) mass is 398 g/mol. The topological polar surface area (TPSA) is 109 Å². The summed E-state index contributed by atoms with van der Waals surface area (Å²) < 4.78 is 5.37. The van der Waals surface area contributed by atoms with Crippen molar-refractivity contribution in [1.82, 2.24) is 21.5 Å². The molecule has 0 heterocycles. The number of rotatable bonds is 7. The van der Waals surface area contributed by atoms with E-state index < -0.39 is 11.8 Å². The lowest BCUT2D eigenvalue weighted by atomic mass is 10.1. The molecule has 0 bridgehead atoms. The summed E-state index contributed by atoms with van der Waals surface area (Å²) >= 11 is 0. The van der Waals surface area contributed by atoms with Gasteiger partial charge in [0.2, 0.25) is 0 Å². The highest BCUT2D eigenvalue weighted by Gasteiger charge is 2.09. The number of nitrogens with one attached hydrogen (secondary N) is 4. The lowest BCUT2D eigenvalue weighted by molar-refractivity contribution is -0.123. The molecule has 0 fully saturated rings. The van der Waals surface area contributed by atoms with Crippen molar-refractivity contribution in [2.45, 2.75) is 33.4 Å². The molecule has 0 saturated heterocycles. The van der Waals surface area contributed by atoms with Crippen molar-refractivity contribution in [1.29, 1.82) is 0 Å². The molecule has 4 N–H and O–H groups in total. The average Bonchev–Trinajstić information content (AvgIpc) is 2.69. The lowest BCUT2D eigenvalue weighted by Crippen LogP contribution is -2.43. The summed E-state index contributed by atoms with van der Waals surface area (Å²) in [6, 6.07) is 13.8. The van der Waals surface area contributed by atoms with Crippen molar-refractivity contribution < 1.29 is 19.1 Å². The Hall–Kier alpha value is -3.55. The number of aryl methyl sites for hydroxylation is 1. The zero-order chi connectivity index (χ0) is 21.2. The van der Waals surface area contributed by atoms with E-state index in [0.29, 0.717) is 17.9 Å². The lowest BCUT2D eigenvalue weighted by Gasteiger charge is -2.11. The number of urea groups is 1. The molecule has 2 rings (SSSR count). The number of hydrogen-bond donors (Lipinski definition) is 4. The first-order valence-corrected chi connectivity index (χ1v) is 9.25. The minimum absolute atomic E-state index is 0.0542. The fourth-order valence-electron chi connectivity index (χ4n) is 2.36. The minimum atomic E-state index is -0.475. The Balaban J connectivity index is 1.74. The van der Waals surface area contributed by atoms with Crippen molar-refractivity contribution in [3.8, 4) is 5.75 Å². The molecular weight excluding hydrogens is 372 g/mol. The Morgan fingerprint density at radius 2 is 1.72 bits per heavy atom. The highest BCUT2D eigenvalue weighted by atomic mass is 16.5. The Morgan fingerprint density at radius 1 is 1.00 bits per heavy atom. The van der Waals surface area contributed by atoms with Crippen LogP contribution in [0.25, 0.3) is 0 Å². The predicted octanol–water partition coefficient (Wildman–Crippen LogP) is 2.04. The van der Waals surface area contributed by atoms with E-state index in [1.54, 1.807) is 30.3 Å². The van der Waals surface area contributed by atoms with Gasteiger partial charge in [-0.05, 0) is 56.2 Å². The molecule has 0 aromatic heterocycles. The number of carbonyl (C=O) groups excluding carboxylic acids is 3. The predicted molar refractivity (Wildman–Crippen MR) is 109 cm³/mol. The van der Waals surface area contributed by atoms with Gasteiger partial charge in [-0.3, -0.25) is 20.4 Å². The third-order valence-electron chi connectivity index (χ3n) is 3.76. The zero-order valence-electron chi connectivity index (χ0n) is 16.7. The van der Waals surface area contributed by atoms with Gasteiger partial charge in [-0.15, -0.1) is 0 Å². The van der Waals surface area contributed by atoms with Gasteiger partial charge in [-0.25, -0.2) is 4.79 Å². The second kappa shape index (κ2) is 10.7. The number of hydrazine groups is 1. The summed E-state index contributed by atoms with van der Waals surface area (Å²) in [5.41, 5.74) is 6.89. The Bertz CT molecular complexity index is 850. The third-order valence-corrected chi connectivity index (χ3v) is 3.76. The SMILES string of the molecule is Cc1cccc(OCC(=O)NNC(=O)c2ccc(CNC(=O)NC(C)C)cc2)c1. The average molecular weight is 398 g/mol. The summed E-state index contributed by atoms with van der Waals surface area (Å²) in [5.74, 6) is -0.347. The molecule has 154 valence electrons. The van der Waals surface area contributed by atoms with Crippen molar-refractivity contribution in [3.05, 3.63) is 65.2 Å². The van der Waals surface area contributed by atoms with Crippen LogP contribution in [0.15, 0.2) is 48.5 Å². The van der Waals surface area contributed by atoms with Crippen LogP contribution in [0.1, 0.15) is 35.3 Å². The van der Waals surface area contributed by atoms with Crippen molar-refractivity contribution in [2.75, 3.05) is 6.61 Å². The van der Waals surface area contributed by atoms with E-state index in [2.05, 4.69) is 21.5 Å². The minimum Gasteiger partial charge on any atom is -0.484 e. The molecule has 0 aliphatic heterocycles. The molecule has 4 amide bonds. The van der Waals surface area contributed by atoms with Gasteiger partial charge in [-0.2, -0.15) is 0 Å². The molecule has 0 unspecified atom stereocenters. The number of ether oxygens (including phenoxy) is 1. The van der Waals surface area contributed by atoms with Crippen LogP contribution in [0.4, 0.5) is 4.79 Å². The first kappa shape index (κ1) is 21.7. The first-order chi connectivity index (χ1) is 13.8. The van der Waals surface area contributed by atoms with Crippen LogP contribution in [0.2, 0.25) is 0 Å². The maximum absolute atomic E-state index is 12.1. The van der Waals surface area contributed by atoms with Crippen LogP contribution >= 0.6 is 0 Å². The molecule has 0 radical (unpaired) electrons. The molecule has 0 spiro atoms. The summed E-state index contributed by atoms with van der Waals surface area (Å²) in [4.78, 5) is 35.5. The Labute approximate surface area is 170 Å².